The van der Waals surface area contributed by atoms with Crippen molar-refractivity contribution in [2.75, 3.05) is 0 Å². The number of H-pyrrole nitrogens is 1. The van der Waals surface area contributed by atoms with E-state index in [1.54, 1.807) is 0 Å². The number of hydrogen-bond donors (Lipinski definition) is 2. The molecule has 1 heterocycles. The Bertz CT molecular complexity index is 906. The minimum absolute atomic E-state index is 0.000228. The summed E-state index contributed by atoms with van der Waals surface area (Å²) >= 11 is 0. The molecule has 0 aliphatic carbocycles. The lowest BCUT2D eigenvalue weighted by Gasteiger charge is -2.15. The maximum atomic E-state index is 12.3. The van der Waals surface area contributed by atoms with Crippen molar-refractivity contribution in [3.05, 3.63) is 70.1 Å². The van der Waals surface area contributed by atoms with Crippen LogP contribution in [0, 0.1) is 0 Å². The number of fused-ring (bicyclic) bond motifs is 1. The number of carbonyl (C=O) groups excluding carboxylic acids is 1. The molecule has 3 aromatic rings. The first-order valence-corrected chi connectivity index (χ1v) is 8.14. The second kappa shape index (κ2) is 6.74. The van der Waals surface area contributed by atoms with Gasteiger partial charge in [0.1, 0.15) is 6.54 Å². The van der Waals surface area contributed by atoms with Gasteiger partial charge in [-0.1, -0.05) is 43.3 Å². The second-order valence-corrected chi connectivity index (χ2v) is 5.92. The largest absolute Gasteiger partial charge is 0.348 e. The van der Waals surface area contributed by atoms with Crippen LogP contribution in [0.25, 0.3) is 11.0 Å². The molecule has 124 valence electrons. The Morgan fingerprint density at radius 1 is 1.17 bits per heavy atom. The fourth-order valence-corrected chi connectivity index (χ4v) is 2.82. The molecular weight excluding hydrogens is 302 g/mol. The van der Waals surface area contributed by atoms with E-state index in [1.807, 2.05) is 43.3 Å². The van der Waals surface area contributed by atoms with Gasteiger partial charge in [-0.3, -0.25) is 9.36 Å². The van der Waals surface area contributed by atoms with Gasteiger partial charge in [0, 0.05) is 0 Å². The van der Waals surface area contributed by atoms with Crippen molar-refractivity contribution >= 4 is 16.9 Å². The number of nitrogens with one attached hydrogen (secondary N) is 2. The molecule has 1 atom stereocenters. The summed E-state index contributed by atoms with van der Waals surface area (Å²) in [4.78, 5) is 27.1. The third kappa shape index (κ3) is 3.25. The van der Waals surface area contributed by atoms with Crippen molar-refractivity contribution in [1.29, 1.82) is 0 Å². The lowest BCUT2D eigenvalue weighted by Crippen LogP contribution is -2.33. The van der Waals surface area contributed by atoms with Gasteiger partial charge in [-0.2, -0.15) is 0 Å². The Kier molecular flexibility index (Phi) is 4.51. The van der Waals surface area contributed by atoms with Gasteiger partial charge in [0.15, 0.2) is 0 Å². The van der Waals surface area contributed by atoms with Crippen LogP contribution in [0.1, 0.15) is 31.0 Å². The molecule has 1 aromatic heterocycles. The Labute approximate surface area is 140 Å². The Balaban J connectivity index is 1.72. The number of aryl methyl sites for hydroxylation is 1. The SMILES string of the molecule is CCc1ccc(C(C)NC(=O)Cn2c(=O)[nH]c3ccccc32)cc1. The zero-order valence-electron chi connectivity index (χ0n) is 13.9. The molecule has 1 unspecified atom stereocenters. The Morgan fingerprint density at radius 3 is 2.58 bits per heavy atom. The van der Waals surface area contributed by atoms with Gasteiger partial charge >= 0.3 is 5.69 Å². The highest BCUT2D eigenvalue weighted by molar-refractivity contribution is 5.80. The number of rotatable bonds is 5. The van der Waals surface area contributed by atoms with E-state index in [-0.39, 0.29) is 24.2 Å². The number of nitrogens with zero attached hydrogens (tertiary/aromatic N) is 1. The number of benzene rings is 2. The van der Waals surface area contributed by atoms with Crippen LogP contribution in [-0.4, -0.2) is 15.5 Å². The fourth-order valence-electron chi connectivity index (χ4n) is 2.82. The van der Waals surface area contributed by atoms with Gasteiger partial charge in [0.25, 0.3) is 0 Å². The van der Waals surface area contributed by atoms with Gasteiger partial charge in [0.2, 0.25) is 5.91 Å². The molecule has 0 bridgehead atoms. The van der Waals surface area contributed by atoms with Gasteiger partial charge < -0.3 is 10.3 Å². The lowest BCUT2D eigenvalue weighted by atomic mass is 10.1. The van der Waals surface area contributed by atoms with Gasteiger partial charge in [0.05, 0.1) is 17.1 Å². The highest BCUT2D eigenvalue weighted by atomic mass is 16.2. The topological polar surface area (TPSA) is 66.9 Å². The van der Waals surface area contributed by atoms with Crippen LogP contribution < -0.4 is 11.0 Å². The van der Waals surface area contributed by atoms with Crippen LogP contribution in [0.15, 0.2) is 53.3 Å². The second-order valence-electron chi connectivity index (χ2n) is 5.92. The van der Waals surface area contributed by atoms with Crippen LogP contribution in [-0.2, 0) is 17.8 Å². The molecule has 5 heteroatoms. The molecule has 0 saturated carbocycles. The first-order valence-electron chi connectivity index (χ1n) is 8.14. The van der Waals surface area contributed by atoms with Gasteiger partial charge in [-0.25, -0.2) is 4.79 Å². The van der Waals surface area contributed by atoms with Crippen molar-refractivity contribution in [2.24, 2.45) is 0 Å². The molecule has 0 radical (unpaired) electrons. The first-order chi connectivity index (χ1) is 11.6. The maximum absolute atomic E-state index is 12.3. The van der Waals surface area contributed by atoms with Crippen LogP contribution in [0.2, 0.25) is 0 Å². The summed E-state index contributed by atoms with van der Waals surface area (Å²) in [6.45, 7) is 4.05. The summed E-state index contributed by atoms with van der Waals surface area (Å²) in [5, 5.41) is 2.95. The summed E-state index contributed by atoms with van der Waals surface area (Å²) < 4.78 is 1.46. The number of para-hydroxylation sites is 2. The van der Waals surface area contributed by atoms with Crippen LogP contribution in [0.5, 0.6) is 0 Å². The fraction of sp³-hybridized carbons (Fsp3) is 0.263. The van der Waals surface area contributed by atoms with Crippen molar-refractivity contribution in [2.45, 2.75) is 32.9 Å². The molecule has 24 heavy (non-hydrogen) atoms. The molecule has 0 fully saturated rings. The molecule has 0 aliphatic heterocycles. The highest BCUT2D eigenvalue weighted by Gasteiger charge is 2.13. The van der Waals surface area contributed by atoms with E-state index in [0.29, 0.717) is 0 Å². The molecule has 2 aromatic carbocycles. The van der Waals surface area contributed by atoms with Gasteiger partial charge in [-0.05, 0) is 36.6 Å². The van der Waals surface area contributed by atoms with Crippen LogP contribution >= 0.6 is 0 Å². The highest BCUT2D eigenvalue weighted by Crippen LogP contribution is 2.14. The minimum Gasteiger partial charge on any atom is -0.348 e. The Morgan fingerprint density at radius 2 is 1.88 bits per heavy atom. The van der Waals surface area contributed by atoms with Crippen molar-refractivity contribution < 1.29 is 4.79 Å². The van der Waals surface area contributed by atoms with E-state index in [9.17, 15) is 9.59 Å². The average molecular weight is 323 g/mol. The van der Waals surface area contributed by atoms with E-state index in [2.05, 4.69) is 29.4 Å². The van der Waals surface area contributed by atoms with E-state index < -0.39 is 0 Å². The number of carbonyl (C=O) groups is 1. The number of imidazole rings is 1. The molecule has 3 rings (SSSR count). The Hall–Kier alpha value is -2.82. The number of amides is 1. The van der Waals surface area contributed by atoms with E-state index in [1.165, 1.54) is 10.1 Å². The van der Waals surface area contributed by atoms with Crippen LogP contribution in [0.3, 0.4) is 0 Å². The predicted octanol–water partition coefficient (Wildman–Crippen LogP) is 2.77. The molecule has 1 amide bonds. The quantitative estimate of drug-likeness (QED) is 0.758. The lowest BCUT2D eigenvalue weighted by molar-refractivity contribution is -0.122. The van der Waals surface area contributed by atoms with Crippen molar-refractivity contribution in [3.8, 4) is 0 Å². The minimum atomic E-state index is -0.272. The third-order valence-electron chi connectivity index (χ3n) is 4.25. The monoisotopic (exact) mass is 323 g/mol. The zero-order chi connectivity index (χ0) is 17.1. The molecule has 0 saturated heterocycles. The van der Waals surface area contributed by atoms with Crippen molar-refractivity contribution in [1.82, 2.24) is 14.9 Å². The van der Waals surface area contributed by atoms with Gasteiger partial charge in [-0.15, -0.1) is 0 Å². The summed E-state index contributed by atoms with van der Waals surface area (Å²) in [5.74, 6) is -0.186. The first kappa shape index (κ1) is 16.1. The number of aromatic nitrogens is 2. The van der Waals surface area contributed by atoms with E-state index >= 15 is 0 Å². The molecule has 5 nitrogen and oxygen atoms in total. The molecule has 2 N–H and O–H groups in total. The predicted molar refractivity (Wildman–Crippen MR) is 94.9 cm³/mol. The van der Waals surface area contributed by atoms with E-state index in [4.69, 9.17) is 0 Å². The third-order valence-corrected chi connectivity index (χ3v) is 4.25. The maximum Gasteiger partial charge on any atom is 0.326 e. The standard InChI is InChI=1S/C19H21N3O2/c1-3-14-8-10-15(11-9-14)13(2)20-18(23)12-22-17-7-5-4-6-16(17)21-19(22)24/h4-11,13H,3,12H2,1-2H3,(H,20,23)(H,21,24). The average Bonchev–Trinajstić information content (AvgIpc) is 2.90. The molecular formula is C19H21N3O2. The summed E-state index contributed by atoms with van der Waals surface area (Å²) in [6, 6.07) is 15.4. The van der Waals surface area contributed by atoms with Crippen molar-refractivity contribution in [3.63, 3.8) is 0 Å². The van der Waals surface area contributed by atoms with Crippen LogP contribution in [0.4, 0.5) is 0 Å². The normalized spacial score (nSPS) is 12.2. The molecule has 0 spiro atoms. The molecule has 0 aliphatic rings. The van der Waals surface area contributed by atoms with E-state index in [0.717, 1.165) is 23.0 Å². The number of aromatic amines is 1. The summed E-state index contributed by atoms with van der Waals surface area (Å²) in [6.07, 6.45) is 0.991. The number of hydrogen-bond acceptors (Lipinski definition) is 2. The smallest absolute Gasteiger partial charge is 0.326 e. The zero-order valence-corrected chi connectivity index (χ0v) is 13.9. The summed E-state index contributed by atoms with van der Waals surface area (Å²) in [5.41, 5.74) is 3.51. The summed E-state index contributed by atoms with van der Waals surface area (Å²) in [7, 11) is 0.